The predicted octanol–water partition coefficient (Wildman–Crippen LogP) is 1.71. The summed E-state index contributed by atoms with van der Waals surface area (Å²) in [6, 6.07) is 9.45. The number of benzene rings is 1. The number of amides is 3. The van der Waals surface area contributed by atoms with Crippen molar-refractivity contribution in [3.05, 3.63) is 36.5 Å². The second-order valence-electron chi connectivity index (χ2n) is 5.15. The van der Waals surface area contributed by atoms with Gasteiger partial charge in [-0.2, -0.15) is 0 Å². The Morgan fingerprint density at radius 1 is 1.18 bits per heavy atom. The number of para-hydroxylation sites is 1. The first-order chi connectivity index (χ1) is 10.6. The fourth-order valence-corrected chi connectivity index (χ4v) is 2.45. The molecule has 0 unspecified atom stereocenters. The van der Waals surface area contributed by atoms with Crippen LogP contribution in [0.3, 0.4) is 0 Å². The van der Waals surface area contributed by atoms with Crippen LogP contribution in [0.5, 0.6) is 0 Å². The molecule has 0 saturated carbocycles. The van der Waals surface area contributed by atoms with Gasteiger partial charge in [-0.3, -0.25) is 24.3 Å². The van der Waals surface area contributed by atoms with Crippen LogP contribution in [-0.4, -0.2) is 34.2 Å². The van der Waals surface area contributed by atoms with Crippen LogP contribution in [0.4, 0.5) is 5.69 Å². The Morgan fingerprint density at radius 3 is 2.68 bits per heavy atom. The Bertz CT molecular complexity index is 741. The van der Waals surface area contributed by atoms with Gasteiger partial charge in [0.25, 0.3) is 0 Å². The Hall–Kier alpha value is -2.76. The van der Waals surface area contributed by atoms with Gasteiger partial charge in [0.2, 0.25) is 17.7 Å². The van der Waals surface area contributed by atoms with Crippen molar-refractivity contribution >= 4 is 34.3 Å². The molecule has 6 heteroatoms. The van der Waals surface area contributed by atoms with Crippen molar-refractivity contribution in [2.24, 2.45) is 0 Å². The van der Waals surface area contributed by atoms with Crippen LogP contribution in [0.1, 0.15) is 19.3 Å². The quantitative estimate of drug-likeness (QED) is 0.871. The van der Waals surface area contributed by atoms with Crippen molar-refractivity contribution in [3.8, 4) is 0 Å². The van der Waals surface area contributed by atoms with Crippen molar-refractivity contribution < 1.29 is 14.4 Å². The lowest BCUT2D eigenvalue weighted by Gasteiger charge is -2.13. The highest BCUT2D eigenvalue weighted by atomic mass is 16.2. The number of imide groups is 1. The molecule has 0 spiro atoms. The van der Waals surface area contributed by atoms with Crippen LogP contribution >= 0.6 is 0 Å². The summed E-state index contributed by atoms with van der Waals surface area (Å²) in [5, 5.41) is 3.67. The number of carbonyl (C=O) groups is 3. The molecule has 3 amide bonds. The van der Waals surface area contributed by atoms with Crippen molar-refractivity contribution in [2.45, 2.75) is 19.3 Å². The van der Waals surface area contributed by atoms with Crippen molar-refractivity contribution in [1.82, 2.24) is 9.88 Å². The third-order valence-corrected chi connectivity index (χ3v) is 3.59. The molecule has 112 valence electrons. The maximum absolute atomic E-state index is 11.9. The van der Waals surface area contributed by atoms with Crippen LogP contribution < -0.4 is 5.32 Å². The van der Waals surface area contributed by atoms with E-state index in [2.05, 4.69) is 10.3 Å². The average Bonchev–Trinajstić information content (AvgIpc) is 2.84. The Kier molecular flexibility index (Phi) is 3.82. The zero-order chi connectivity index (χ0) is 15.5. The highest BCUT2D eigenvalue weighted by molar-refractivity contribution is 6.02. The second-order valence-corrected chi connectivity index (χ2v) is 5.15. The molecule has 0 radical (unpaired) electrons. The number of rotatable bonds is 4. The summed E-state index contributed by atoms with van der Waals surface area (Å²) in [4.78, 5) is 40.3. The van der Waals surface area contributed by atoms with E-state index in [0.717, 1.165) is 15.8 Å². The molecule has 1 fully saturated rings. The van der Waals surface area contributed by atoms with Crippen LogP contribution in [0.25, 0.3) is 10.9 Å². The fourth-order valence-electron chi connectivity index (χ4n) is 2.45. The Morgan fingerprint density at radius 2 is 1.91 bits per heavy atom. The third-order valence-electron chi connectivity index (χ3n) is 3.59. The van der Waals surface area contributed by atoms with Gasteiger partial charge in [0.1, 0.15) is 0 Å². The minimum Gasteiger partial charge on any atom is -0.325 e. The number of nitrogens with zero attached hydrogens (tertiary/aromatic N) is 2. The summed E-state index contributed by atoms with van der Waals surface area (Å²) in [5.41, 5.74) is 1.46. The summed E-state index contributed by atoms with van der Waals surface area (Å²) in [6.07, 6.45) is 2.17. The molecule has 6 nitrogen and oxygen atoms in total. The Labute approximate surface area is 127 Å². The molecular formula is C16H15N3O3. The van der Waals surface area contributed by atoms with Crippen molar-refractivity contribution in [1.29, 1.82) is 0 Å². The molecule has 1 aliphatic heterocycles. The summed E-state index contributed by atoms with van der Waals surface area (Å²) < 4.78 is 0. The number of hydrogen-bond acceptors (Lipinski definition) is 4. The van der Waals surface area contributed by atoms with Gasteiger partial charge in [-0.1, -0.05) is 18.2 Å². The number of fused-ring (bicyclic) bond motifs is 1. The van der Waals surface area contributed by atoms with E-state index in [1.54, 1.807) is 6.20 Å². The van der Waals surface area contributed by atoms with E-state index in [1.807, 2.05) is 30.3 Å². The highest BCUT2D eigenvalue weighted by Gasteiger charge is 2.28. The molecule has 1 saturated heterocycles. The van der Waals surface area contributed by atoms with Crippen LogP contribution in [0.2, 0.25) is 0 Å². The lowest BCUT2D eigenvalue weighted by Crippen LogP contribution is -2.32. The molecule has 1 aromatic carbocycles. The topological polar surface area (TPSA) is 79.4 Å². The Balaban J connectivity index is 1.61. The van der Waals surface area contributed by atoms with Gasteiger partial charge in [0, 0.05) is 31.2 Å². The van der Waals surface area contributed by atoms with Crippen LogP contribution in [0, 0.1) is 0 Å². The second kappa shape index (κ2) is 5.93. The molecule has 22 heavy (non-hydrogen) atoms. The highest BCUT2D eigenvalue weighted by Crippen LogP contribution is 2.16. The van der Waals surface area contributed by atoms with Gasteiger partial charge in [0.05, 0.1) is 17.4 Å². The summed E-state index contributed by atoms with van der Waals surface area (Å²) in [7, 11) is 0. The van der Waals surface area contributed by atoms with E-state index in [0.29, 0.717) is 5.69 Å². The molecule has 0 bridgehead atoms. The van der Waals surface area contributed by atoms with Gasteiger partial charge < -0.3 is 5.32 Å². The SMILES string of the molecule is O=C(CCN1C(=O)CCC1=O)Nc1cnc2ccccc2c1. The normalized spacial score (nSPS) is 14.6. The van der Waals surface area contributed by atoms with E-state index in [-0.39, 0.29) is 43.5 Å². The summed E-state index contributed by atoms with van der Waals surface area (Å²) >= 11 is 0. The molecule has 2 heterocycles. The predicted molar refractivity (Wildman–Crippen MR) is 80.9 cm³/mol. The van der Waals surface area contributed by atoms with Gasteiger partial charge in [-0.25, -0.2) is 0 Å². The molecular weight excluding hydrogens is 282 g/mol. The first-order valence-corrected chi connectivity index (χ1v) is 7.11. The largest absolute Gasteiger partial charge is 0.325 e. The van der Waals surface area contributed by atoms with E-state index >= 15 is 0 Å². The van der Waals surface area contributed by atoms with Crippen molar-refractivity contribution in [3.63, 3.8) is 0 Å². The van der Waals surface area contributed by atoms with Gasteiger partial charge in [-0.05, 0) is 12.1 Å². The summed E-state index contributed by atoms with van der Waals surface area (Å²) in [5.74, 6) is -0.653. The standard InChI is InChI=1S/C16H15N3O3/c20-14(7-8-19-15(21)5-6-16(19)22)18-12-9-11-3-1-2-4-13(11)17-10-12/h1-4,9-10H,5-8H2,(H,18,20). The third kappa shape index (κ3) is 2.95. The smallest absolute Gasteiger partial charge is 0.229 e. The number of pyridine rings is 1. The van der Waals surface area contributed by atoms with Crippen molar-refractivity contribution in [2.75, 3.05) is 11.9 Å². The lowest BCUT2D eigenvalue weighted by molar-refractivity contribution is -0.138. The number of aromatic nitrogens is 1. The zero-order valence-electron chi connectivity index (χ0n) is 11.9. The van der Waals surface area contributed by atoms with Gasteiger partial charge in [0.15, 0.2) is 0 Å². The van der Waals surface area contributed by atoms with E-state index in [4.69, 9.17) is 0 Å². The molecule has 0 aliphatic carbocycles. The summed E-state index contributed by atoms with van der Waals surface area (Å²) in [6.45, 7) is 0.129. The number of carbonyl (C=O) groups excluding carboxylic acids is 3. The number of anilines is 1. The molecule has 0 atom stereocenters. The minimum absolute atomic E-state index is 0.0876. The van der Waals surface area contributed by atoms with Crippen LogP contribution in [0.15, 0.2) is 36.5 Å². The number of hydrogen-bond donors (Lipinski definition) is 1. The monoisotopic (exact) mass is 297 g/mol. The van der Waals surface area contributed by atoms with Crippen LogP contribution in [-0.2, 0) is 14.4 Å². The molecule has 3 rings (SSSR count). The molecule has 2 aromatic rings. The first kappa shape index (κ1) is 14.2. The first-order valence-electron chi connectivity index (χ1n) is 7.11. The molecule has 1 aromatic heterocycles. The van der Waals surface area contributed by atoms with E-state index < -0.39 is 0 Å². The fraction of sp³-hybridized carbons (Fsp3) is 0.250. The maximum atomic E-state index is 11.9. The lowest BCUT2D eigenvalue weighted by atomic mass is 10.2. The number of nitrogens with one attached hydrogen (secondary N) is 1. The molecule has 1 aliphatic rings. The van der Waals surface area contributed by atoms with E-state index in [1.165, 1.54) is 0 Å². The van der Waals surface area contributed by atoms with E-state index in [9.17, 15) is 14.4 Å². The molecule has 1 N–H and O–H groups in total. The average molecular weight is 297 g/mol. The zero-order valence-corrected chi connectivity index (χ0v) is 11.9. The van der Waals surface area contributed by atoms with Gasteiger partial charge in [-0.15, -0.1) is 0 Å². The van der Waals surface area contributed by atoms with Gasteiger partial charge >= 0.3 is 0 Å². The number of likely N-dealkylation sites (tertiary alicyclic amines) is 1. The minimum atomic E-state index is -0.246. The maximum Gasteiger partial charge on any atom is 0.229 e.